The Kier molecular flexibility index (Phi) is 9.63. The number of fused-ring (bicyclic) bond motifs is 2. The molecule has 0 radical (unpaired) electrons. The van der Waals surface area contributed by atoms with Crippen molar-refractivity contribution in [3.63, 3.8) is 0 Å². The van der Waals surface area contributed by atoms with Gasteiger partial charge in [-0.3, -0.25) is 25.0 Å². The number of rotatable bonds is 11. The maximum absolute atomic E-state index is 12.9. The van der Waals surface area contributed by atoms with Gasteiger partial charge in [0, 0.05) is 15.9 Å². The Morgan fingerprint density at radius 2 is 1.95 bits per heavy atom. The van der Waals surface area contributed by atoms with Crippen LogP contribution in [0.3, 0.4) is 0 Å². The molecule has 0 spiro atoms. The molecule has 2 heterocycles. The Morgan fingerprint density at radius 3 is 2.67 bits per heavy atom. The molecular weight excluding hydrogens is 520 g/mol. The molecule has 1 fully saturated rings. The summed E-state index contributed by atoms with van der Waals surface area (Å²) in [5.41, 5.74) is 1.87. The molecule has 2 aliphatic rings. The van der Waals surface area contributed by atoms with Gasteiger partial charge in [-0.1, -0.05) is 43.8 Å². The van der Waals surface area contributed by atoms with Gasteiger partial charge in [0.25, 0.3) is 11.8 Å². The molecule has 0 aliphatic carbocycles. The smallest absolute Gasteiger partial charge is 0.258 e. The largest absolute Gasteiger partial charge is 0.484 e. The van der Waals surface area contributed by atoms with E-state index in [0.717, 1.165) is 21.2 Å². The van der Waals surface area contributed by atoms with E-state index in [-0.39, 0.29) is 12.5 Å². The van der Waals surface area contributed by atoms with Gasteiger partial charge >= 0.3 is 0 Å². The van der Waals surface area contributed by atoms with Crippen LogP contribution in [-0.2, 0) is 19.1 Å². The van der Waals surface area contributed by atoms with Crippen molar-refractivity contribution in [2.45, 2.75) is 60.9 Å². The molecule has 208 valence electrons. The van der Waals surface area contributed by atoms with Gasteiger partial charge in [0.2, 0.25) is 5.91 Å². The first kappa shape index (κ1) is 28.6. The summed E-state index contributed by atoms with van der Waals surface area (Å²) in [6.45, 7) is 7.57. The number of imide groups is 1. The van der Waals surface area contributed by atoms with Gasteiger partial charge in [-0.2, -0.15) is 0 Å². The van der Waals surface area contributed by atoms with Crippen LogP contribution in [0, 0.1) is 5.92 Å². The van der Waals surface area contributed by atoms with Crippen LogP contribution in [-0.4, -0.2) is 60.5 Å². The van der Waals surface area contributed by atoms with Crippen molar-refractivity contribution in [2.24, 2.45) is 5.92 Å². The molecule has 4 atom stereocenters. The minimum Gasteiger partial charge on any atom is -0.484 e. The van der Waals surface area contributed by atoms with E-state index in [0.29, 0.717) is 25.2 Å². The molecule has 4 rings (SSSR count). The van der Waals surface area contributed by atoms with E-state index in [9.17, 15) is 19.5 Å². The standard InChI is InChI=1S/C28H34N4O6S/c1-4-18(26(34)32-27(35)22(13-16(2)3)30-20-11-12-37-28(20)36)31-25(33)15-38-17-9-10-24-21(14-17)29-19-7-5-6-8-23(19)39-24/h4-10,14,16,18,20,22,28-30,36H,1,11-13,15H2,2-3H3,(H,31,33)(H,32,34,35)/t18-,20-,22-,28?/m0/s1. The van der Waals surface area contributed by atoms with Crippen molar-refractivity contribution in [3.8, 4) is 5.75 Å². The number of para-hydroxylation sites is 1. The van der Waals surface area contributed by atoms with E-state index < -0.39 is 42.1 Å². The van der Waals surface area contributed by atoms with Gasteiger partial charge in [0.05, 0.1) is 30.1 Å². The molecule has 5 N–H and O–H groups in total. The number of nitrogens with one attached hydrogen (secondary N) is 4. The Labute approximate surface area is 231 Å². The molecule has 3 amide bonds. The van der Waals surface area contributed by atoms with Crippen LogP contribution in [0.1, 0.15) is 26.7 Å². The van der Waals surface area contributed by atoms with Crippen LogP contribution in [0.2, 0.25) is 0 Å². The summed E-state index contributed by atoms with van der Waals surface area (Å²) in [6, 6.07) is 11.2. The Balaban J connectivity index is 1.29. The summed E-state index contributed by atoms with van der Waals surface area (Å²) in [6.07, 6.45) is 1.23. The zero-order valence-corrected chi connectivity index (χ0v) is 22.8. The van der Waals surface area contributed by atoms with E-state index in [1.165, 1.54) is 6.08 Å². The molecule has 0 aromatic heterocycles. The third-order valence-electron chi connectivity index (χ3n) is 6.28. The quantitative estimate of drug-likeness (QED) is 0.227. The number of carbonyl (C=O) groups excluding carboxylic acids is 3. The number of anilines is 2. The number of aliphatic hydroxyl groups is 1. The number of benzene rings is 2. The fourth-order valence-electron chi connectivity index (χ4n) is 4.31. The lowest BCUT2D eigenvalue weighted by atomic mass is 10.0. The highest BCUT2D eigenvalue weighted by Gasteiger charge is 2.32. The average Bonchev–Trinajstić information content (AvgIpc) is 3.32. The topological polar surface area (TPSA) is 138 Å². The summed E-state index contributed by atoms with van der Waals surface area (Å²) < 4.78 is 10.8. The molecule has 11 heteroatoms. The minimum absolute atomic E-state index is 0.155. The third kappa shape index (κ3) is 7.60. The van der Waals surface area contributed by atoms with Crippen LogP contribution in [0.25, 0.3) is 0 Å². The summed E-state index contributed by atoms with van der Waals surface area (Å²) in [5.74, 6) is -1.16. The molecule has 1 unspecified atom stereocenters. The molecule has 0 saturated carbocycles. The third-order valence-corrected chi connectivity index (χ3v) is 7.43. The Hall–Kier alpha value is -3.38. The van der Waals surface area contributed by atoms with Crippen molar-refractivity contribution >= 4 is 40.9 Å². The van der Waals surface area contributed by atoms with E-state index in [4.69, 9.17) is 9.47 Å². The van der Waals surface area contributed by atoms with Crippen LogP contribution in [0.5, 0.6) is 5.75 Å². The first-order valence-electron chi connectivity index (χ1n) is 12.9. The second-order valence-corrected chi connectivity index (χ2v) is 10.9. The monoisotopic (exact) mass is 554 g/mol. The summed E-state index contributed by atoms with van der Waals surface area (Å²) >= 11 is 1.65. The highest BCUT2D eigenvalue weighted by Crippen LogP contribution is 2.44. The normalized spacial score (nSPS) is 19.2. The first-order chi connectivity index (χ1) is 18.7. The molecule has 0 bridgehead atoms. The van der Waals surface area contributed by atoms with E-state index in [1.54, 1.807) is 17.8 Å². The molecule has 39 heavy (non-hydrogen) atoms. The second-order valence-electron chi connectivity index (χ2n) is 9.81. The average molecular weight is 555 g/mol. The summed E-state index contributed by atoms with van der Waals surface area (Å²) in [4.78, 5) is 40.4. The number of carbonyl (C=O) groups is 3. The number of amides is 3. The molecule has 10 nitrogen and oxygen atoms in total. The minimum atomic E-state index is -1.14. The van der Waals surface area contributed by atoms with Crippen molar-refractivity contribution in [2.75, 3.05) is 18.5 Å². The van der Waals surface area contributed by atoms with Gasteiger partial charge in [-0.15, -0.1) is 6.58 Å². The maximum Gasteiger partial charge on any atom is 0.258 e. The lowest BCUT2D eigenvalue weighted by Gasteiger charge is -2.25. The van der Waals surface area contributed by atoms with E-state index in [1.807, 2.05) is 50.2 Å². The van der Waals surface area contributed by atoms with Crippen LogP contribution in [0.15, 0.2) is 64.9 Å². The lowest BCUT2D eigenvalue weighted by molar-refractivity contribution is -0.135. The number of hydrogen-bond acceptors (Lipinski definition) is 9. The number of ether oxygens (including phenoxy) is 2. The maximum atomic E-state index is 12.9. The molecule has 2 aromatic rings. The zero-order valence-electron chi connectivity index (χ0n) is 21.9. The van der Waals surface area contributed by atoms with Gasteiger partial charge < -0.3 is 25.2 Å². The predicted molar refractivity (Wildman–Crippen MR) is 148 cm³/mol. The van der Waals surface area contributed by atoms with Gasteiger partial charge in [-0.25, -0.2) is 0 Å². The van der Waals surface area contributed by atoms with Crippen molar-refractivity contribution in [1.82, 2.24) is 16.0 Å². The molecule has 2 aliphatic heterocycles. The van der Waals surface area contributed by atoms with Crippen molar-refractivity contribution < 1.29 is 29.0 Å². The fraction of sp³-hybridized carbons (Fsp3) is 0.393. The van der Waals surface area contributed by atoms with Crippen LogP contribution < -0.4 is 26.0 Å². The van der Waals surface area contributed by atoms with E-state index >= 15 is 0 Å². The number of hydrogen-bond donors (Lipinski definition) is 5. The second kappa shape index (κ2) is 13.1. The Morgan fingerprint density at radius 1 is 1.18 bits per heavy atom. The summed E-state index contributed by atoms with van der Waals surface area (Å²) in [7, 11) is 0. The highest BCUT2D eigenvalue weighted by atomic mass is 32.2. The van der Waals surface area contributed by atoms with Crippen molar-refractivity contribution in [3.05, 3.63) is 55.1 Å². The first-order valence-corrected chi connectivity index (χ1v) is 13.7. The number of aliphatic hydroxyl groups excluding tert-OH is 1. The van der Waals surface area contributed by atoms with Gasteiger partial charge in [0.1, 0.15) is 11.8 Å². The molecule has 1 saturated heterocycles. The van der Waals surface area contributed by atoms with Crippen molar-refractivity contribution in [1.29, 1.82) is 0 Å². The van der Waals surface area contributed by atoms with Gasteiger partial charge in [0.15, 0.2) is 12.9 Å². The zero-order chi connectivity index (χ0) is 27.9. The Bertz CT molecular complexity index is 1220. The fourth-order valence-corrected chi connectivity index (χ4v) is 5.28. The molecule has 2 aromatic carbocycles. The molecular formula is C28H34N4O6S. The van der Waals surface area contributed by atoms with E-state index in [2.05, 4.69) is 27.8 Å². The van der Waals surface area contributed by atoms with Crippen LogP contribution in [0.4, 0.5) is 11.4 Å². The lowest BCUT2D eigenvalue weighted by Crippen LogP contribution is -2.55. The predicted octanol–water partition coefficient (Wildman–Crippen LogP) is 2.70. The highest BCUT2D eigenvalue weighted by molar-refractivity contribution is 7.99. The summed E-state index contributed by atoms with van der Waals surface area (Å²) in [5, 5.41) is 21.3. The van der Waals surface area contributed by atoms with Gasteiger partial charge in [-0.05, 0) is 43.0 Å². The van der Waals surface area contributed by atoms with Crippen LogP contribution >= 0.6 is 11.8 Å². The SMILES string of the molecule is C=C[C@H](NC(=O)COc1ccc2c(c1)Nc1ccccc1S2)C(=O)NC(=O)[C@H](CC(C)C)N[C@H]1CCOC1O.